The van der Waals surface area contributed by atoms with Gasteiger partial charge in [-0.1, -0.05) is 17.7 Å². The third kappa shape index (κ3) is 4.10. The second kappa shape index (κ2) is 5.98. The summed E-state index contributed by atoms with van der Waals surface area (Å²) in [6, 6.07) is 4.52. The summed E-state index contributed by atoms with van der Waals surface area (Å²) in [7, 11) is 0. The van der Waals surface area contributed by atoms with E-state index in [9.17, 15) is 9.18 Å². The number of benzene rings is 1. The van der Waals surface area contributed by atoms with Crippen molar-refractivity contribution in [3.05, 3.63) is 34.6 Å². The van der Waals surface area contributed by atoms with Crippen LogP contribution in [0.1, 0.15) is 5.56 Å². The van der Waals surface area contributed by atoms with Crippen LogP contribution in [0.25, 0.3) is 0 Å². The van der Waals surface area contributed by atoms with Crippen molar-refractivity contribution in [2.45, 2.75) is 6.42 Å². The van der Waals surface area contributed by atoms with Crippen LogP contribution in [0.3, 0.4) is 0 Å². The van der Waals surface area contributed by atoms with E-state index in [2.05, 4.69) is 17.9 Å². The summed E-state index contributed by atoms with van der Waals surface area (Å²) in [4.78, 5) is 10.8. The maximum Gasteiger partial charge on any atom is 0.229 e. The molecule has 0 aliphatic rings. The van der Waals surface area contributed by atoms with E-state index >= 15 is 0 Å². The maximum absolute atomic E-state index is 12.8. The molecule has 0 saturated heterocycles. The summed E-state index contributed by atoms with van der Waals surface area (Å²) in [6.45, 7) is 0.501. The van der Waals surface area contributed by atoms with Crippen molar-refractivity contribution in [3.63, 3.8) is 0 Å². The minimum absolute atomic E-state index is 0.105. The van der Waals surface area contributed by atoms with Crippen LogP contribution in [0.2, 0.25) is 5.02 Å². The minimum atomic E-state index is -0.431. The van der Waals surface area contributed by atoms with E-state index in [0.717, 1.165) is 5.56 Å². The first-order valence-electron chi connectivity index (χ1n) is 4.45. The summed E-state index contributed by atoms with van der Waals surface area (Å²) in [6.07, 6.45) is 0.625. The van der Waals surface area contributed by atoms with Crippen LogP contribution in [0, 0.1) is 5.82 Å². The number of hydrogen-bond acceptors (Lipinski definition) is 2. The van der Waals surface area contributed by atoms with Crippen LogP contribution in [-0.4, -0.2) is 18.2 Å². The van der Waals surface area contributed by atoms with Gasteiger partial charge in [0.05, 0.1) is 10.8 Å². The normalized spacial score (nSPS) is 10.1. The van der Waals surface area contributed by atoms with E-state index in [4.69, 9.17) is 11.6 Å². The predicted molar refractivity (Wildman–Crippen MR) is 62.0 cm³/mol. The molecule has 1 rings (SSSR count). The van der Waals surface area contributed by atoms with Gasteiger partial charge in [-0.2, -0.15) is 12.6 Å². The first kappa shape index (κ1) is 12.3. The Labute approximate surface area is 98.2 Å². The van der Waals surface area contributed by atoms with Crippen LogP contribution in [0.4, 0.5) is 4.39 Å². The molecule has 1 aromatic carbocycles. The summed E-state index contributed by atoms with van der Waals surface area (Å²) < 4.78 is 12.8. The molecule has 0 fully saturated rings. The van der Waals surface area contributed by atoms with Crippen LogP contribution < -0.4 is 5.32 Å². The Hall–Kier alpha value is -0.740. The average molecular weight is 248 g/mol. The van der Waals surface area contributed by atoms with Gasteiger partial charge in [-0.15, -0.1) is 0 Å². The second-order valence-electron chi connectivity index (χ2n) is 3.01. The number of hydrogen-bond donors (Lipinski definition) is 2. The van der Waals surface area contributed by atoms with Crippen LogP contribution >= 0.6 is 24.2 Å². The molecule has 0 heterocycles. The Kier molecular flexibility index (Phi) is 4.91. The third-order valence-corrected chi connectivity index (χ3v) is 2.44. The van der Waals surface area contributed by atoms with E-state index in [1.807, 2.05) is 0 Å². The lowest BCUT2D eigenvalue weighted by Gasteiger charge is -2.04. The molecule has 0 saturated carbocycles. The molecular weight excluding hydrogens is 237 g/mol. The van der Waals surface area contributed by atoms with E-state index in [0.29, 0.717) is 13.0 Å². The predicted octanol–water partition coefficient (Wildman–Crippen LogP) is 2.07. The molecule has 0 spiro atoms. The molecular formula is C10H11ClFNOS. The number of carbonyl (C=O) groups excluding carboxylic acids is 1. The van der Waals surface area contributed by atoms with Crippen LogP contribution in [0.5, 0.6) is 0 Å². The number of nitrogens with one attached hydrogen (secondary N) is 1. The Balaban J connectivity index is 2.44. The van der Waals surface area contributed by atoms with Crippen molar-refractivity contribution >= 4 is 30.1 Å². The zero-order valence-corrected chi connectivity index (χ0v) is 9.62. The zero-order valence-electron chi connectivity index (χ0n) is 7.96. The van der Waals surface area contributed by atoms with Gasteiger partial charge in [-0.05, 0) is 24.1 Å². The molecule has 0 atom stereocenters. The molecule has 0 aliphatic heterocycles. The SMILES string of the molecule is O=C(CS)NCCc1ccc(F)c(Cl)c1. The maximum atomic E-state index is 12.8. The Morgan fingerprint density at radius 2 is 2.27 bits per heavy atom. The quantitative estimate of drug-likeness (QED) is 0.784. The fraction of sp³-hybridized carbons (Fsp3) is 0.300. The van der Waals surface area contributed by atoms with Crippen molar-refractivity contribution in [1.29, 1.82) is 0 Å². The Bertz CT molecular complexity index is 359. The molecule has 0 unspecified atom stereocenters. The Morgan fingerprint density at radius 1 is 1.53 bits per heavy atom. The fourth-order valence-corrected chi connectivity index (χ4v) is 1.41. The number of amides is 1. The van der Waals surface area contributed by atoms with E-state index in [1.165, 1.54) is 6.07 Å². The topological polar surface area (TPSA) is 29.1 Å². The molecule has 5 heteroatoms. The van der Waals surface area contributed by atoms with Crippen LogP contribution in [-0.2, 0) is 11.2 Å². The van der Waals surface area contributed by atoms with Crippen molar-refractivity contribution in [1.82, 2.24) is 5.32 Å². The van der Waals surface area contributed by atoms with Gasteiger partial charge in [0, 0.05) is 6.54 Å². The van der Waals surface area contributed by atoms with Gasteiger partial charge < -0.3 is 5.32 Å². The summed E-state index contributed by atoms with van der Waals surface area (Å²) in [5, 5.41) is 2.77. The molecule has 1 amide bonds. The van der Waals surface area contributed by atoms with E-state index < -0.39 is 5.82 Å². The fourth-order valence-electron chi connectivity index (χ4n) is 1.10. The largest absolute Gasteiger partial charge is 0.355 e. The molecule has 15 heavy (non-hydrogen) atoms. The lowest BCUT2D eigenvalue weighted by molar-refractivity contribution is -0.118. The van der Waals surface area contributed by atoms with Gasteiger partial charge in [0.1, 0.15) is 5.82 Å². The molecule has 82 valence electrons. The standard InChI is InChI=1S/C10H11ClFNOS/c11-8-5-7(1-2-9(8)12)3-4-13-10(14)6-15/h1-2,5,15H,3-4,6H2,(H,13,14). The molecule has 1 aromatic rings. The molecule has 1 N–H and O–H groups in total. The summed E-state index contributed by atoms with van der Waals surface area (Å²) >= 11 is 9.43. The number of carbonyl (C=O) groups is 1. The highest BCUT2D eigenvalue weighted by molar-refractivity contribution is 7.81. The Morgan fingerprint density at radius 3 is 2.87 bits per heavy atom. The molecule has 0 aromatic heterocycles. The first-order chi connectivity index (χ1) is 7.13. The van der Waals surface area contributed by atoms with Gasteiger partial charge in [0.15, 0.2) is 0 Å². The minimum Gasteiger partial charge on any atom is -0.355 e. The number of thiol groups is 1. The highest BCUT2D eigenvalue weighted by Gasteiger charge is 2.01. The van der Waals surface area contributed by atoms with E-state index in [1.54, 1.807) is 12.1 Å². The lowest BCUT2D eigenvalue weighted by Crippen LogP contribution is -2.26. The zero-order chi connectivity index (χ0) is 11.3. The molecule has 2 nitrogen and oxygen atoms in total. The van der Waals surface area contributed by atoms with Gasteiger partial charge in [0.25, 0.3) is 0 Å². The highest BCUT2D eigenvalue weighted by Crippen LogP contribution is 2.15. The van der Waals surface area contributed by atoms with Crippen molar-refractivity contribution in [3.8, 4) is 0 Å². The molecule has 0 aliphatic carbocycles. The first-order valence-corrected chi connectivity index (χ1v) is 5.46. The number of halogens is 2. The molecule has 0 bridgehead atoms. The van der Waals surface area contributed by atoms with Gasteiger partial charge in [-0.3, -0.25) is 4.79 Å². The average Bonchev–Trinajstić information content (AvgIpc) is 2.23. The number of rotatable bonds is 4. The second-order valence-corrected chi connectivity index (χ2v) is 3.73. The van der Waals surface area contributed by atoms with Gasteiger partial charge >= 0.3 is 0 Å². The van der Waals surface area contributed by atoms with E-state index in [-0.39, 0.29) is 16.7 Å². The van der Waals surface area contributed by atoms with Gasteiger partial charge in [0.2, 0.25) is 5.91 Å². The monoisotopic (exact) mass is 247 g/mol. The third-order valence-electron chi connectivity index (χ3n) is 1.86. The highest BCUT2D eigenvalue weighted by atomic mass is 35.5. The van der Waals surface area contributed by atoms with Gasteiger partial charge in [-0.25, -0.2) is 4.39 Å². The van der Waals surface area contributed by atoms with Crippen molar-refractivity contribution in [2.75, 3.05) is 12.3 Å². The smallest absolute Gasteiger partial charge is 0.229 e. The van der Waals surface area contributed by atoms with Crippen molar-refractivity contribution < 1.29 is 9.18 Å². The summed E-state index contributed by atoms with van der Waals surface area (Å²) in [5.41, 5.74) is 0.890. The van der Waals surface area contributed by atoms with Crippen LogP contribution in [0.15, 0.2) is 18.2 Å². The summed E-state index contributed by atoms with van der Waals surface area (Å²) in [5.74, 6) is -0.379. The lowest BCUT2D eigenvalue weighted by atomic mass is 10.1. The van der Waals surface area contributed by atoms with Crippen molar-refractivity contribution in [2.24, 2.45) is 0 Å². The molecule has 0 radical (unpaired) electrons.